The molecule has 0 spiro atoms. The number of hydrogen-bond donors (Lipinski definition) is 1. The second-order valence-electron chi connectivity index (χ2n) is 6.61. The summed E-state index contributed by atoms with van der Waals surface area (Å²) in [6.07, 6.45) is -0.367. The number of halogens is 2. The Morgan fingerprint density at radius 2 is 1.93 bits per heavy atom. The molecular formula is C20H19Cl2NO4. The molecule has 1 atom stereocenters. The summed E-state index contributed by atoms with van der Waals surface area (Å²) in [5, 5.41) is 11.5. The summed E-state index contributed by atoms with van der Waals surface area (Å²) in [6, 6.07) is 10.6. The minimum Gasteiger partial charge on any atom is -0.492 e. The summed E-state index contributed by atoms with van der Waals surface area (Å²) in [4.78, 5) is 26.0. The van der Waals surface area contributed by atoms with Crippen molar-refractivity contribution in [1.82, 2.24) is 0 Å². The molecule has 3 rings (SSSR count). The van der Waals surface area contributed by atoms with Crippen molar-refractivity contribution in [3.63, 3.8) is 0 Å². The van der Waals surface area contributed by atoms with Crippen LogP contribution in [0.5, 0.6) is 5.75 Å². The molecule has 1 aliphatic rings. The van der Waals surface area contributed by atoms with Crippen LogP contribution < -0.4 is 9.64 Å². The smallest absolute Gasteiger partial charge is 0.264 e. The SMILES string of the molecule is CC(=O)CC1(O)C(=O)N(CCOc2cccc(C)c2)c2c(Cl)ccc(Cl)c21. The van der Waals surface area contributed by atoms with Gasteiger partial charge in [-0.25, -0.2) is 0 Å². The highest BCUT2D eigenvalue weighted by Crippen LogP contribution is 2.49. The van der Waals surface area contributed by atoms with Crippen LogP contribution in [0.25, 0.3) is 0 Å². The van der Waals surface area contributed by atoms with Crippen LogP contribution in [0.15, 0.2) is 36.4 Å². The molecule has 1 unspecified atom stereocenters. The first-order chi connectivity index (χ1) is 12.7. The lowest BCUT2D eigenvalue weighted by molar-refractivity contribution is -0.141. The van der Waals surface area contributed by atoms with Crippen molar-refractivity contribution in [3.05, 3.63) is 57.6 Å². The maximum atomic E-state index is 13.0. The zero-order chi connectivity index (χ0) is 19.8. The lowest BCUT2D eigenvalue weighted by Gasteiger charge is -2.22. The number of benzene rings is 2. The predicted molar refractivity (Wildman–Crippen MR) is 105 cm³/mol. The fourth-order valence-corrected chi connectivity index (χ4v) is 3.90. The highest BCUT2D eigenvalue weighted by molar-refractivity contribution is 6.38. The van der Waals surface area contributed by atoms with E-state index < -0.39 is 11.5 Å². The maximum absolute atomic E-state index is 13.0. The van der Waals surface area contributed by atoms with E-state index in [2.05, 4.69) is 0 Å². The number of rotatable bonds is 6. The second-order valence-corrected chi connectivity index (χ2v) is 7.43. The van der Waals surface area contributed by atoms with Crippen LogP contribution in [0.1, 0.15) is 24.5 Å². The predicted octanol–water partition coefficient (Wildman–Crippen LogP) is 3.89. The molecule has 2 aromatic carbocycles. The number of fused-ring (bicyclic) bond motifs is 1. The number of carbonyl (C=O) groups excluding carboxylic acids is 2. The van der Waals surface area contributed by atoms with E-state index in [0.717, 1.165) is 5.56 Å². The van der Waals surface area contributed by atoms with E-state index in [4.69, 9.17) is 27.9 Å². The van der Waals surface area contributed by atoms with Gasteiger partial charge in [0.25, 0.3) is 5.91 Å². The van der Waals surface area contributed by atoms with Crippen molar-refractivity contribution in [2.75, 3.05) is 18.1 Å². The molecule has 27 heavy (non-hydrogen) atoms. The molecule has 1 aliphatic heterocycles. The van der Waals surface area contributed by atoms with Gasteiger partial charge in [0.1, 0.15) is 18.1 Å². The normalized spacial score (nSPS) is 18.6. The highest BCUT2D eigenvalue weighted by atomic mass is 35.5. The van der Waals surface area contributed by atoms with Crippen LogP contribution in [-0.2, 0) is 15.2 Å². The number of nitrogens with zero attached hydrogens (tertiary/aromatic N) is 1. The van der Waals surface area contributed by atoms with Gasteiger partial charge in [-0.2, -0.15) is 0 Å². The van der Waals surface area contributed by atoms with Gasteiger partial charge in [-0.3, -0.25) is 9.59 Å². The molecule has 0 bridgehead atoms. The zero-order valence-electron chi connectivity index (χ0n) is 15.0. The molecule has 1 heterocycles. The quantitative estimate of drug-likeness (QED) is 0.788. The number of amides is 1. The Morgan fingerprint density at radius 3 is 2.59 bits per heavy atom. The standard InChI is InChI=1S/C20H19Cl2NO4/c1-12-4-3-5-14(10-12)27-9-8-23-18-16(22)7-6-15(21)17(18)20(26,19(23)25)11-13(2)24/h3-7,10,26H,8-9,11H2,1-2H3. The van der Waals surface area contributed by atoms with Gasteiger partial charge < -0.3 is 14.7 Å². The minimum absolute atomic E-state index is 0.153. The number of aryl methyl sites for hydroxylation is 1. The van der Waals surface area contributed by atoms with Gasteiger partial charge in [-0.15, -0.1) is 0 Å². The van der Waals surface area contributed by atoms with Gasteiger partial charge in [0, 0.05) is 17.0 Å². The number of hydrogen-bond acceptors (Lipinski definition) is 4. The van der Waals surface area contributed by atoms with Crippen molar-refractivity contribution < 1.29 is 19.4 Å². The van der Waals surface area contributed by atoms with Crippen LogP contribution in [0, 0.1) is 6.92 Å². The number of anilines is 1. The van der Waals surface area contributed by atoms with Crippen LogP contribution in [0.3, 0.4) is 0 Å². The fourth-order valence-electron chi connectivity index (χ4n) is 3.33. The van der Waals surface area contributed by atoms with E-state index in [1.54, 1.807) is 6.07 Å². The van der Waals surface area contributed by atoms with Gasteiger partial charge in [0.2, 0.25) is 0 Å². The summed E-state index contributed by atoms with van der Waals surface area (Å²) < 4.78 is 5.71. The number of aliphatic hydroxyl groups is 1. The first-order valence-electron chi connectivity index (χ1n) is 8.46. The van der Waals surface area contributed by atoms with Gasteiger partial charge >= 0.3 is 0 Å². The monoisotopic (exact) mass is 407 g/mol. The Labute approximate surface area is 167 Å². The van der Waals surface area contributed by atoms with E-state index in [0.29, 0.717) is 11.4 Å². The Kier molecular flexibility index (Phi) is 5.47. The lowest BCUT2D eigenvalue weighted by atomic mass is 9.90. The topological polar surface area (TPSA) is 66.8 Å². The van der Waals surface area contributed by atoms with E-state index in [9.17, 15) is 14.7 Å². The van der Waals surface area contributed by atoms with Gasteiger partial charge in [0.15, 0.2) is 5.60 Å². The third kappa shape index (κ3) is 3.68. The summed E-state index contributed by atoms with van der Waals surface area (Å²) in [5.41, 5.74) is -0.467. The first-order valence-corrected chi connectivity index (χ1v) is 9.21. The van der Waals surface area contributed by atoms with Crippen LogP contribution >= 0.6 is 23.2 Å². The fraction of sp³-hybridized carbons (Fsp3) is 0.300. The Hall–Kier alpha value is -2.08. The second kappa shape index (κ2) is 7.50. The van der Waals surface area contributed by atoms with Crippen LogP contribution in [0.2, 0.25) is 10.0 Å². The molecule has 142 valence electrons. The molecule has 1 amide bonds. The Bertz CT molecular complexity index is 915. The van der Waals surface area contributed by atoms with E-state index in [1.165, 1.54) is 17.9 Å². The van der Waals surface area contributed by atoms with Crippen LogP contribution in [0.4, 0.5) is 5.69 Å². The van der Waals surface area contributed by atoms with Crippen molar-refractivity contribution in [1.29, 1.82) is 0 Å². The molecule has 7 heteroatoms. The van der Waals surface area contributed by atoms with Crippen LogP contribution in [-0.4, -0.2) is 29.9 Å². The summed E-state index contributed by atoms with van der Waals surface area (Å²) in [6.45, 7) is 3.61. The third-order valence-corrected chi connectivity index (χ3v) is 5.06. The molecule has 2 aromatic rings. The van der Waals surface area contributed by atoms with Gasteiger partial charge in [-0.05, 0) is 43.7 Å². The Balaban J connectivity index is 1.89. The van der Waals surface area contributed by atoms with Gasteiger partial charge in [-0.1, -0.05) is 35.3 Å². The van der Waals surface area contributed by atoms with E-state index in [-0.39, 0.29) is 41.0 Å². The molecule has 0 fully saturated rings. The third-order valence-electron chi connectivity index (χ3n) is 4.44. The average molecular weight is 408 g/mol. The molecule has 0 saturated heterocycles. The number of ether oxygens (including phenoxy) is 1. The number of carbonyl (C=O) groups is 2. The summed E-state index contributed by atoms with van der Waals surface area (Å²) in [7, 11) is 0. The zero-order valence-corrected chi connectivity index (χ0v) is 16.5. The molecule has 0 radical (unpaired) electrons. The molecule has 1 N–H and O–H groups in total. The van der Waals surface area contributed by atoms with Crippen molar-refractivity contribution in [3.8, 4) is 5.75 Å². The largest absolute Gasteiger partial charge is 0.492 e. The lowest BCUT2D eigenvalue weighted by Crippen LogP contribution is -2.43. The number of Topliss-reactive ketones (excluding diaryl/α,β-unsaturated/α-hetero) is 1. The molecule has 5 nitrogen and oxygen atoms in total. The van der Waals surface area contributed by atoms with Crippen molar-refractivity contribution in [2.45, 2.75) is 25.9 Å². The highest BCUT2D eigenvalue weighted by Gasteiger charge is 2.52. The van der Waals surface area contributed by atoms with E-state index in [1.807, 2.05) is 31.2 Å². The maximum Gasteiger partial charge on any atom is 0.264 e. The molecular weight excluding hydrogens is 389 g/mol. The summed E-state index contributed by atoms with van der Waals surface area (Å²) >= 11 is 12.5. The minimum atomic E-state index is -2.02. The van der Waals surface area contributed by atoms with Gasteiger partial charge in [0.05, 0.1) is 17.3 Å². The first kappa shape index (κ1) is 19.7. The van der Waals surface area contributed by atoms with Crippen molar-refractivity contribution >= 4 is 40.6 Å². The average Bonchev–Trinajstić information content (AvgIpc) is 2.80. The molecule has 0 aliphatic carbocycles. The summed E-state index contributed by atoms with van der Waals surface area (Å²) in [5.74, 6) is -0.278. The van der Waals surface area contributed by atoms with Crippen molar-refractivity contribution in [2.24, 2.45) is 0 Å². The van der Waals surface area contributed by atoms with E-state index >= 15 is 0 Å². The number of ketones is 1. The Morgan fingerprint density at radius 1 is 1.22 bits per heavy atom. The molecule has 0 saturated carbocycles. The molecule has 0 aromatic heterocycles.